The lowest BCUT2D eigenvalue weighted by molar-refractivity contribution is 0.0885. The molecule has 0 saturated carbocycles. The Hall–Kier alpha value is -0.0800. The second-order valence-electron chi connectivity index (χ2n) is 2.28. The van der Waals surface area contributed by atoms with Crippen LogP contribution in [0.3, 0.4) is 0 Å². The summed E-state index contributed by atoms with van der Waals surface area (Å²) in [4.78, 5) is 0. The average Bonchev–Trinajstić information content (AvgIpc) is 2.00. The Morgan fingerprint density at radius 2 is 1.30 bits per heavy atom. The van der Waals surface area contributed by atoms with Crippen molar-refractivity contribution in [3.05, 3.63) is 0 Å². The molecule has 0 unspecified atom stereocenters. The van der Waals surface area contributed by atoms with Crippen LogP contribution >= 0.6 is 0 Å². The van der Waals surface area contributed by atoms with Crippen molar-refractivity contribution in [2.75, 3.05) is 26.2 Å². The lowest BCUT2D eigenvalue weighted by Gasteiger charge is -2.19. The fraction of sp³-hybridized carbons (Fsp3) is 1.00. The number of hydrogen-bond acceptors (Lipinski definition) is 2. The SMILES string of the molecule is CCN(CC)[N+](CC)CC. The van der Waals surface area contributed by atoms with Gasteiger partial charge >= 0.3 is 0 Å². The van der Waals surface area contributed by atoms with Gasteiger partial charge < -0.3 is 0 Å². The topological polar surface area (TPSA) is 9.14 Å². The molecule has 0 fully saturated rings. The van der Waals surface area contributed by atoms with Crippen LogP contribution in [0.5, 0.6) is 0 Å². The predicted molar refractivity (Wildman–Crippen MR) is 46.1 cm³/mol. The van der Waals surface area contributed by atoms with Crippen molar-refractivity contribution in [3.63, 3.8) is 0 Å². The van der Waals surface area contributed by atoms with Crippen LogP contribution in [-0.2, 0) is 0 Å². The highest BCUT2D eigenvalue weighted by Crippen LogP contribution is 1.91. The monoisotopic (exact) mass is 144 g/mol. The molecule has 0 atom stereocenters. The van der Waals surface area contributed by atoms with E-state index in [0.29, 0.717) is 0 Å². The largest absolute Gasteiger partial charge is 0.142 e. The third-order valence-electron chi connectivity index (χ3n) is 1.86. The smallest absolute Gasteiger partial charge is 0.107 e. The van der Waals surface area contributed by atoms with Gasteiger partial charge in [0.05, 0.1) is 13.1 Å². The summed E-state index contributed by atoms with van der Waals surface area (Å²) in [5, 5.41) is 4.72. The average molecular weight is 144 g/mol. The van der Waals surface area contributed by atoms with Crippen LogP contribution in [0.25, 0.3) is 0 Å². The summed E-state index contributed by atoms with van der Waals surface area (Å²) in [5.41, 5.74) is 0. The van der Waals surface area contributed by atoms with Crippen LogP contribution in [0.2, 0.25) is 0 Å². The molecule has 10 heavy (non-hydrogen) atoms. The maximum Gasteiger partial charge on any atom is 0.142 e. The summed E-state index contributed by atoms with van der Waals surface area (Å²) in [6.07, 6.45) is 0. The Morgan fingerprint density at radius 3 is 1.40 bits per heavy atom. The van der Waals surface area contributed by atoms with Crippen molar-refractivity contribution in [3.8, 4) is 0 Å². The summed E-state index contributed by atoms with van der Waals surface area (Å²) >= 11 is 0. The van der Waals surface area contributed by atoms with Gasteiger partial charge in [-0.15, -0.1) is 5.01 Å². The van der Waals surface area contributed by atoms with Gasteiger partial charge in [0, 0.05) is 0 Å². The van der Waals surface area contributed by atoms with Gasteiger partial charge in [-0.2, -0.15) is 0 Å². The van der Waals surface area contributed by atoms with E-state index in [1.165, 1.54) is 0 Å². The first-order valence-electron chi connectivity index (χ1n) is 4.29. The van der Waals surface area contributed by atoms with Crippen molar-refractivity contribution >= 4 is 0 Å². The Morgan fingerprint density at radius 1 is 0.900 bits per heavy atom. The van der Waals surface area contributed by atoms with E-state index in [2.05, 4.69) is 37.7 Å². The fourth-order valence-electron chi connectivity index (χ4n) is 1.25. The van der Waals surface area contributed by atoms with E-state index in [9.17, 15) is 0 Å². The molecule has 0 saturated heterocycles. The standard InChI is InChI=1S/C8H20N2/c1-5-9(6-2)10(7-3)8-4/h5-8H2,1-4H3/q+1. The van der Waals surface area contributed by atoms with Gasteiger partial charge in [0.1, 0.15) is 13.1 Å². The Labute approximate surface area is 64.8 Å². The zero-order valence-electron chi connectivity index (χ0n) is 7.72. The summed E-state index contributed by atoms with van der Waals surface area (Å²) < 4.78 is 0. The Kier molecular flexibility index (Phi) is 5.64. The van der Waals surface area contributed by atoms with E-state index in [0.717, 1.165) is 26.2 Å². The van der Waals surface area contributed by atoms with Gasteiger partial charge in [0.25, 0.3) is 0 Å². The zero-order chi connectivity index (χ0) is 7.98. The molecule has 0 rings (SSSR count). The molecular weight excluding hydrogens is 124 g/mol. The van der Waals surface area contributed by atoms with Crippen molar-refractivity contribution in [1.82, 2.24) is 10.0 Å². The van der Waals surface area contributed by atoms with Crippen molar-refractivity contribution in [2.24, 2.45) is 0 Å². The highest BCUT2D eigenvalue weighted by atomic mass is 15.6. The number of rotatable bonds is 5. The van der Waals surface area contributed by atoms with Crippen molar-refractivity contribution in [2.45, 2.75) is 27.7 Å². The molecule has 61 valence electrons. The van der Waals surface area contributed by atoms with Crippen LogP contribution in [-0.4, -0.2) is 31.2 Å². The lowest BCUT2D eigenvalue weighted by atomic mass is 10.5. The molecule has 0 aromatic heterocycles. The molecule has 0 aromatic carbocycles. The van der Waals surface area contributed by atoms with E-state index >= 15 is 0 Å². The molecule has 0 aromatic rings. The van der Waals surface area contributed by atoms with Gasteiger partial charge in [-0.3, -0.25) is 0 Å². The number of hydrazine groups is 1. The third kappa shape index (κ3) is 2.67. The first-order valence-corrected chi connectivity index (χ1v) is 4.29. The van der Waals surface area contributed by atoms with E-state index < -0.39 is 0 Å². The second-order valence-corrected chi connectivity index (χ2v) is 2.28. The molecule has 0 heterocycles. The number of hydrogen-bond donors (Lipinski definition) is 0. The van der Waals surface area contributed by atoms with E-state index in [-0.39, 0.29) is 0 Å². The molecule has 2 nitrogen and oxygen atoms in total. The molecule has 1 radical (unpaired) electrons. The highest BCUT2D eigenvalue weighted by Gasteiger charge is 2.16. The van der Waals surface area contributed by atoms with Gasteiger partial charge in [-0.05, 0) is 27.7 Å². The molecule has 0 bridgehead atoms. The normalized spacial score (nSPS) is 11.4. The summed E-state index contributed by atoms with van der Waals surface area (Å²) in [6, 6.07) is 0. The molecule has 0 spiro atoms. The molecule has 2 heteroatoms. The molecule has 0 aliphatic carbocycles. The van der Waals surface area contributed by atoms with Gasteiger partial charge in [0.2, 0.25) is 0 Å². The lowest BCUT2D eigenvalue weighted by Crippen LogP contribution is -2.47. The molecule has 0 N–H and O–H groups in total. The fourth-order valence-corrected chi connectivity index (χ4v) is 1.25. The molecule has 0 amide bonds. The van der Waals surface area contributed by atoms with E-state index in [4.69, 9.17) is 0 Å². The maximum absolute atomic E-state index is 2.36. The predicted octanol–water partition coefficient (Wildman–Crippen LogP) is 1.42. The summed E-state index contributed by atoms with van der Waals surface area (Å²) in [7, 11) is 0. The summed E-state index contributed by atoms with van der Waals surface area (Å²) in [6.45, 7) is 13.3. The van der Waals surface area contributed by atoms with Crippen molar-refractivity contribution < 1.29 is 0 Å². The Bertz CT molecular complexity index is 55.7. The Balaban J connectivity index is 3.70. The third-order valence-corrected chi connectivity index (χ3v) is 1.86. The minimum Gasteiger partial charge on any atom is -0.107 e. The zero-order valence-corrected chi connectivity index (χ0v) is 7.72. The van der Waals surface area contributed by atoms with Gasteiger partial charge in [-0.1, -0.05) is 5.01 Å². The van der Waals surface area contributed by atoms with Crippen LogP contribution in [0.4, 0.5) is 0 Å². The first kappa shape index (κ1) is 9.92. The molecule has 0 aliphatic rings. The van der Waals surface area contributed by atoms with Crippen LogP contribution in [0.1, 0.15) is 27.7 Å². The van der Waals surface area contributed by atoms with Crippen LogP contribution in [0, 0.1) is 0 Å². The van der Waals surface area contributed by atoms with Gasteiger partial charge in [-0.25, -0.2) is 0 Å². The van der Waals surface area contributed by atoms with Crippen LogP contribution < -0.4 is 5.01 Å². The first-order chi connectivity index (χ1) is 4.79. The minimum atomic E-state index is 1.12. The molecule has 0 aliphatic heterocycles. The summed E-state index contributed by atoms with van der Waals surface area (Å²) in [5.74, 6) is 0. The van der Waals surface area contributed by atoms with Crippen molar-refractivity contribution in [1.29, 1.82) is 0 Å². The number of nitrogens with zero attached hydrogens (tertiary/aromatic N) is 2. The minimum absolute atomic E-state index is 1.12. The molecular formula is C8H20N2+. The second kappa shape index (κ2) is 5.69. The van der Waals surface area contributed by atoms with E-state index in [1.54, 1.807) is 0 Å². The quantitative estimate of drug-likeness (QED) is 0.419. The maximum atomic E-state index is 2.36. The highest BCUT2D eigenvalue weighted by molar-refractivity contribution is 4.55. The van der Waals surface area contributed by atoms with E-state index in [1.807, 2.05) is 0 Å². The van der Waals surface area contributed by atoms with Crippen LogP contribution in [0.15, 0.2) is 0 Å². The van der Waals surface area contributed by atoms with Gasteiger partial charge in [0.15, 0.2) is 0 Å².